The summed E-state index contributed by atoms with van der Waals surface area (Å²) in [5.41, 5.74) is 1.26. The number of aromatic nitrogens is 1. The molecule has 2 heterocycles. The predicted molar refractivity (Wildman–Crippen MR) is 60.7 cm³/mol. The largest absolute Gasteiger partial charge is 0.314 e. The Morgan fingerprint density at radius 3 is 3.14 bits per heavy atom. The topological polar surface area (TPSA) is 24.9 Å². The molecule has 0 saturated carbocycles. The Morgan fingerprint density at radius 2 is 2.50 bits per heavy atom. The van der Waals surface area contributed by atoms with Gasteiger partial charge in [0.2, 0.25) is 0 Å². The fraction of sp³-hybridized carbons (Fsp3) is 0.727. The molecular formula is C11H18N2S. The van der Waals surface area contributed by atoms with Gasteiger partial charge in [0, 0.05) is 17.8 Å². The van der Waals surface area contributed by atoms with Gasteiger partial charge in [-0.15, -0.1) is 11.3 Å². The highest BCUT2D eigenvalue weighted by atomic mass is 32.1. The maximum Gasteiger partial charge on any atom is 0.0897 e. The summed E-state index contributed by atoms with van der Waals surface area (Å²) in [6.07, 6.45) is 3.73. The highest BCUT2D eigenvalue weighted by Crippen LogP contribution is 2.18. The van der Waals surface area contributed by atoms with Crippen molar-refractivity contribution in [2.45, 2.75) is 39.2 Å². The molecule has 0 aromatic carbocycles. The van der Waals surface area contributed by atoms with Crippen molar-refractivity contribution in [3.05, 3.63) is 16.1 Å². The normalized spacial score (nSPS) is 27.9. The standard InChI is InChI=1S/C11H18N2S/c1-8-3-4-12-10(5-8)6-11-7-14-9(2)13-11/h7-8,10,12H,3-6H2,1-2H3. The Kier molecular flexibility index (Phi) is 3.19. The third kappa shape index (κ3) is 2.55. The second kappa shape index (κ2) is 4.41. The number of aryl methyl sites for hydroxylation is 1. The summed E-state index contributed by atoms with van der Waals surface area (Å²) in [4.78, 5) is 4.51. The van der Waals surface area contributed by atoms with Gasteiger partial charge in [-0.05, 0) is 32.2 Å². The van der Waals surface area contributed by atoms with Crippen LogP contribution in [0.1, 0.15) is 30.5 Å². The van der Waals surface area contributed by atoms with Gasteiger partial charge < -0.3 is 5.32 Å². The Labute approximate surface area is 89.8 Å². The van der Waals surface area contributed by atoms with Gasteiger partial charge in [0.05, 0.1) is 10.7 Å². The highest BCUT2D eigenvalue weighted by molar-refractivity contribution is 7.09. The van der Waals surface area contributed by atoms with E-state index in [-0.39, 0.29) is 0 Å². The zero-order valence-electron chi connectivity index (χ0n) is 8.92. The molecule has 78 valence electrons. The molecule has 1 aliphatic heterocycles. The minimum absolute atomic E-state index is 0.653. The van der Waals surface area contributed by atoms with Gasteiger partial charge in [-0.25, -0.2) is 4.98 Å². The van der Waals surface area contributed by atoms with Crippen LogP contribution in [0, 0.1) is 12.8 Å². The summed E-state index contributed by atoms with van der Waals surface area (Å²) in [5, 5.41) is 6.95. The summed E-state index contributed by atoms with van der Waals surface area (Å²) in [6.45, 7) is 5.60. The van der Waals surface area contributed by atoms with E-state index in [1.807, 2.05) is 0 Å². The second-order valence-electron chi connectivity index (χ2n) is 4.34. The molecular weight excluding hydrogens is 192 g/mol. The van der Waals surface area contributed by atoms with Crippen LogP contribution < -0.4 is 5.32 Å². The van der Waals surface area contributed by atoms with Crippen molar-refractivity contribution in [3.63, 3.8) is 0 Å². The van der Waals surface area contributed by atoms with Crippen molar-refractivity contribution in [2.75, 3.05) is 6.54 Å². The molecule has 1 aliphatic rings. The zero-order chi connectivity index (χ0) is 9.97. The lowest BCUT2D eigenvalue weighted by molar-refractivity contribution is 0.317. The molecule has 0 bridgehead atoms. The highest BCUT2D eigenvalue weighted by Gasteiger charge is 2.18. The number of nitrogens with zero attached hydrogens (tertiary/aromatic N) is 1. The summed E-state index contributed by atoms with van der Waals surface area (Å²) >= 11 is 1.75. The molecule has 0 radical (unpaired) electrons. The monoisotopic (exact) mass is 210 g/mol. The summed E-state index contributed by atoms with van der Waals surface area (Å²) < 4.78 is 0. The number of nitrogens with one attached hydrogen (secondary N) is 1. The third-order valence-electron chi connectivity index (χ3n) is 2.88. The lowest BCUT2D eigenvalue weighted by Crippen LogP contribution is -2.38. The molecule has 3 heteroatoms. The van der Waals surface area contributed by atoms with Crippen LogP contribution in [0.25, 0.3) is 0 Å². The van der Waals surface area contributed by atoms with Crippen molar-refractivity contribution < 1.29 is 0 Å². The van der Waals surface area contributed by atoms with E-state index in [1.54, 1.807) is 11.3 Å². The van der Waals surface area contributed by atoms with Crippen molar-refractivity contribution >= 4 is 11.3 Å². The molecule has 0 aliphatic carbocycles. The van der Waals surface area contributed by atoms with Crippen molar-refractivity contribution in [1.82, 2.24) is 10.3 Å². The summed E-state index contributed by atoms with van der Waals surface area (Å²) in [7, 11) is 0. The minimum atomic E-state index is 0.653. The van der Waals surface area contributed by atoms with Crippen LogP contribution in [0.15, 0.2) is 5.38 Å². The molecule has 1 saturated heterocycles. The smallest absolute Gasteiger partial charge is 0.0897 e. The van der Waals surface area contributed by atoms with E-state index in [4.69, 9.17) is 0 Å². The molecule has 1 N–H and O–H groups in total. The number of piperidine rings is 1. The number of hydrogen-bond acceptors (Lipinski definition) is 3. The Bertz CT molecular complexity index is 295. The SMILES string of the molecule is Cc1nc(CC2CC(C)CCN2)cs1. The Morgan fingerprint density at radius 1 is 1.64 bits per heavy atom. The van der Waals surface area contributed by atoms with E-state index in [2.05, 4.69) is 29.5 Å². The van der Waals surface area contributed by atoms with Crippen LogP contribution in [0.3, 0.4) is 0 Å². The van der Waals surface area contributed by atoms with Gasteiger partial charge in [-0.3, -0.25) is 0 Å². The lowest BCUT2D eigenvalue weighted by Gasteiger charge is -2.27. The van der Waals surface area contributed by atoms with Crippen LogP contribution in [0.5, 0.6) is 0 Å². The van der Waals surface area contributed by atoms with E-state index < -0.39 is 0 Å². The molecule has 0 amide bonds. The maximum absolute atomic E-state index is 4.51. The summed E-state index contributed by atoms with van der Waals surface area (Å²) in [5.74, 6) is 0.876. The van der Waals surface area contributed by atoms with E-state index >= 15 is 0 Å². The first-order chi connectivity index (χ1) is 6.74. The number of thiazole rings is 1. The van der Waals surface area contributed by atoms with Crippen LogP contribution >= 0.6 is 11.3 Å². The average molecular weight is 210 g/mol. The zero-order valence-corrected chi connectivity index (χ0v) is 9.73. The molecule has 1 aromatic heterocycles. The first-order valence-electron chi connectivity index (χ1n) is 5.38. The van der Waals surface area contributed by atoms with Crippen LogP contribution in [0.4, 0.5) is 0 Å². The molecule has 1 aromatic rings. The first kappa shape index (κ1) is 10.1. The molecule has 1 fully saturated rings. The van der Waals surface area contributed by atoms with Gasteiger partial charge in [0.25, 0.3) is 0 Å². The van der Waals surface area contributed by atoms with E-state index in [1.165, 1.54) is 30.1 Å². The number of rotatable bonds is 2. The molecule has 0 spiro atoms. The maximum atomic E-state index is 4.51. The van der Waals surface area contributed by atoms with Gasteiger partial charge in [-0.1, -0.05) is 6.92 Å². The predicted octanol–water partition coefficient (Wildman–Crippen LogP) is 2.38. The summed E-state index contributed by atoms with van der Waals surface area (Å²) in [6, 6.07) is 0.653. The van der Waals surface area contributed by atoms with Crippen LogP contribution in [-0.4, -0.2) is 17.6 Å². The van der Waals surface area contributed by atoms with Gasteiger partial charge in [0.15, 0.2) is 0 Å². The van der Waals surface area contributed by atoms with Crippen molar-refractivity contribution in [2.24, 2.45) is 5.92 Å². The van der Waals surface area contributed by atoms with E-state index in [0.717, 1.165) is 12.3 Å². The molecule has 2 nitrogen and oxygen atoms in total. The van der Waals surface area contributed by atoms with Crippen molar-refractivity contribution in [1.29, 1.82) is 0 Å². The Balaban J connectivity index is 1.90. The van der Waals surface area contributed by atoms with Gasteiger partial charge in [-0.2, -0.15) is 0 Å². The third-order valence-corrected chi connectivity index (χ3v) is 3.70. The lowest BCUT2D eigenvalue weighted by atomic mass is 9.92. The van der Waals surface area contributed by atoms with Gasteiger partial charge >= 0.3 is 0 Å². The molecule has 2 rings (SSSR count). The first-order valence-corrected chi connectivity index (χ1v) is 6.26. The fourth-order valence-electron chi connectivity index (χ4n) is 2.13. The Hall–Kier alpha value is -0.410. The van der Waals surface area contributed by atoms with Crippen LogP contribution in [-0.2, 0) is 6.42 Å². The minimum Gasteiger partial charge on any atom is -0.314 e. The van der Waals surface area contributed by atoms with E-state index in [0.29, 0.717) is 6.04 Å². The molecule has 14 heavy (non-hydrogen) atoms. The fourth-order valence-corrected chi connectivity index (χ4v) is 2.76. The average Bonchev–Trinajstić information content (AvgIpc) is 2.51. The molecule has 2 unspecified atom stereocenters. The quantitative estimate of drug-likeness (QED) is 0.810. The van der Waals surface area contributed by atoms with Gasteiger partial charge in [0.1, 0.15) is 0 Å². The van der Waals surface area contributed by atoms with Crippen molar-refractivity contribution in [3.8, 4) is 0 Å². The number of hydrogen-bond donors (Lipinski definition) is 1. The van der Waals surface area contributed by atoms with Crippen LogP contribution in [0.2, 0.25) is 0 Å². The van der Waals surface area contributed by atoms with E-state index in [9.17, 15) is 0 Å². The second-order valence-corrected chi connectivity index (χ2v) is 5.40. The molecule has 2 atom stereocenters.